The summed E-state index contributed by atoms with van der Waals surface area (Å²) >= 11 is 0. The first kappa shape index (κ1) is 21.2. The molecule has 5 rings (SSSR count). The van der Waals surface area contributed by atoms with Crippen molar-refractivity contribution in [2.24, 2.45) is 0 Å². The molecule has 34 heavy (non-hydrogen) atoms. The molecule has 0 fully saturated rings. The van der Waals surface area contributed by atoms with Crippen LogP contribution in [0, 0.1) is 11.3 Å². The lowest BCUT2D eigenvalue weighted by molar-refractivity contribution is 0.324. The van der Waals surface area contributed by atoms with Gasteiger partial charge in [-0.2, -0.15) is 5.26 Å². The van der Waals surface area contributed by atoms with Gasteiger partial charge in [0.05, 0.1) is 38.0 Å². The van der Waals surface area contributed by atoms with Crippen molar-refractivity contribution in [1.82, 2.24) is 0 Å². The fourth-order valence-electron chi connectivity index (χ4n) is 4.47. The van der Waals surface area contributed by atoms with Crippen molar-refractivity contribution in [3.63, 3.8) is 0 Å². The molecule has 0 saturated heterocycles. The summed E-state index contributed by atoms with van der Waals surface area (Å²) in [6.07, 6.45) is 0. The molecule has 0 aliphatic heterocycles. The normalized spacial score (nSPS) is 11.0. The van der Waals surface area contributed by atoms with Gasteiger partial charge in [0.2, 0.25) is 5.75 Å². The second-order valence-corrected chi connectivity index (χ2v) is 7.71. The van der Waals surface area contributed by atoms with Crippen molar-refractivity contribution in [2.45, 2.75) is 0 Å². The first-order chi connectivity index (χ1) is 16.5. The van der Waals surface area contributed by atoms with Crippen LogP contribution in [-0.4, -0.2) is 21.3 Å². The lowest BCUT2D eigenvalue weighted by atomic mass is 9.92. The minimum atomic E-state index is -0.594. The topological polar surface area (TPSA) is 108 Å². The van der Waals surface area contributed by atoms with Crippen molar-refractivity contribution in [3.8, 4) is 34.4 Å². The summed E-state index contributed by atoms with van der Waals surface area (Å²) < 4.78 is 22.0. The van der Waals surface area contributed by atoms with Gasteiger partial charge in [-0.1, -0.05) is 30.3 Å². The molecule has 0 bridgehead atoms. The molecule has 168 valence electrons. The predicted molar refractivity (Wildman–Crippen MR) is 132 cm³/mol. The Bertz CT molecular complexity index is 1690. The Morgan fingerprint density at radius 1 is 0.882 bits per heavy atom. The highest BCUT2D eigenvalue weighted by atomic mass is 16.5. The van der Waals surface area contributed by atoms with E-state index in [4.69, 9.17) is 24.4 Å². The number of rotatable bonds is 4. The number of anilines is 1. The van der Waals surface area contributed by atoms with Crippen LogP contribution in [0.25, 0.3) is 43.6 Å². The Kier molecular flexibility index (Phi) is 4.99. The van der Waals surface area contributed by atoms with E-state index in [1.807, 2.05) is 30.3 Å². The summed E-state index contributed by atoms with van der Waals surface area (Å²) in [5.74, 6) is 1.29. The van der Waals surface area contributed by atoms with Gasteiger partial charge in [-0.15, -0.1) is 0 Å². The molecule has 0 saturated carbocycles. The first-order valence-corrected chi connectivity index (χ1v) is 10.4. The number of methoxy groups -OCH3 is 3. The quantitative estimate of drug-likeness (QED) is 0.225. The summed E-state index contributed by atoms with van der Waals surface area (Å²) in [5, 5.41) is 13.4. The van der Waals surface area contributed by atoms with Crippen molar-refractivity contribution in [2.75, 3.05) is 27.1 Å². The minimum Gasteiger partial charge on any atom is -0.493 e. The van der Waals surface area contributed by atoms with Crippen LogP contribution < -0.4 is 25.6 Å². The van der Waals surface area contributed by atoms with Crippen molar-refractivity contribution >= 4 is 38.2 Å². The van der Waals surface area contributed by atoms with Crippen molar-refractivity contribution in [1.29, 1.82) is 5.26 Å². The van der Waals surface area contributed by atoms with E-state index in [0.29, 0.717) is 39.3 Å². The summed E-state index contributed by atoms with van der Waals surface area (Å²) in [6, 6.07) is 18.9. The average molecular weight is 452 g/mol. The van der Waals surface area contributed by atoms with Crippen LogP contribution >= 0.6 is 0 Å². The lowest BCUT2D eigenvalue weighted by Gasteiger charge is -2.16. The molecule has 0 unspecified atom stereocenters. The molecule has 2 N–H and O–H groups in total. The molecule has 1 aromatic heterocycles. The van der Waals surface area contributed by atoms with E-state index in [2.05, 4.69) is 6.07 Å². The van der Waals surface area contributed by atoms with E-state index in [1.165, 1.54) is 21.3 Å². The zero-order valence-electron chi connectivity index (χ0n) is 18.8. The Morgan fingerprint density at radius 2 is 1.59 bits per heavy atom. The van der Waals surface area contributed by atoms with Crippen LogP contribution in [0.15, 0.2) is 63.8 Å². The van der Waals surface area contributed by atoms with Gasteiger partial charge in [0.25, 0.3) is 0 Å². The number of nitrogens with zero attached hydrogens (tertiary/aromatic N) is 1. The molecule has 0 atom stereocenters. The molecular formula is C27H20N2O5. The summed E-state index contributed by atoms with van der Waals surface area (Å²) in [4.78, 5) is 12.9. The zero-order valence-corrected chi connectivity index (χ0v) is 18.8. The Labute approximate surface area is 194 Å². The zero-order chi connectivity index (χ0) is 24.0. The van der Waals surface area contributed by atoms with Gasteiger partial charge in [-0.25, -0.2) is 4.79 Å². The number of nitrogens with two attached hydrogens (primary N) is 1. The molecule has 7 heteroatoms. The molecule has 0 radical (unpaired) electrons. The van der Waals surface area contributed by atoms with Gasteiger partial charge in [0.15, 0.2) is 11.5 Å². The van der Waals surface area contributed by atoms with E-state index < -0.39 is 5.63 Å². The maximum absolute atomic E-state index is 12.9. The molecule has 4 aromatic carbocycles. The van der Waals surface area contributed by atoms with Gasteiger partial charge in [-0.05, 0) is 40.6 Å². The van der Waals surface area contributed by atoms with Crippen molar-refractivity contribution < 1.29 is 18.6 Å². The van der Waals surface area contributed by atoms with Crippen LogP contribution in [0.1, 0.15) is 5.56 Å². The van der Waals surface area contributed by atoms with Crippen molar-refractivity contribution in [3.05, 3.63) is 70.6 Å². The maximum Gasteiger partial charge on any atom is 0.346 e. The molecule has 0 amide bonds. The Hall–Kier alpha value is -4.70. The average Bonchev–Trinajstić information content (AvgIpc) is 2.86. The van der Waals surface area contributed by atoms with Gasteiger partial charge in [0, 0.05) is 16.3 Å². The first-order valence-electron chi connectivity index (χ1n) is 10.4. The second kappa shape index (κ2) is 8.01. The molecule has 0 aliphatic rings. The summed E-state index contributed by atoms with van der Waals surface area (Å²) in [5.41, 5.74) is 7.66. The Balaban J connectivity index is 1.98. The highest BCUT2D eigenvalue weighted by Gasteiger charge is 2.22. The van der Waals surface area contributed by atoms with Gasteiger partial charge < -0.3 is 24.4 Å². The highest BCUT2D eigenvalue weighted by molar-refractivity contribution is 6.21. The van der Waals surface area contributed by atoms with Crippen LogP contribution in [0.4, 0.5) is 5.69 Å². The van der Waals surface area contributed by atoms with Crippen LogP contribution in [0.5, 0.6) is 17.2 Å². The molecule has 1 heterocycles. The number of benzene rings is 4. The smallest absolute Gasteiger partial charge is 0.346 e. The standard InChI is InChI=1S/C27H20N2O5/c1-31-21-10-15(11-22(32-2)26(21)33-3)17-12-18-23-16-7-5-4-6-14(16)8-9-20(23)34-27(30)24(18)25(29)19(17)13-28/h4-12H,29H2,1-3H3. The number of nitriles is 1. The SMILES string of the molecule is COc1cc(-c2cc3c(c(N)c2C#N)c(=O)oc2ccc4ccccc4c23)cc(OC)c1OC. The third kappa shape index (κ3) is 3.00. The summed E-state index contributed by atoms with van der Waals surface area (Å²) in [7, 11) is 4.56. The number of nitrogen functional groups attached to an aromatic ring is 1. The molecule has 7 nitrogen and oxygen atoms in total. The minimum absolute atomic E-state index is 0.0623. The number of hydrogen-bond acceptors (Lipinski definition) is 7. The Morgan fingerprint density at radius 3 is 2.24 bits per heavy atom. The van der Waals surface area contributed by atoms with E-state index in [-0.39, 0.29) is 16.6 Å². The monoisotopic (exact) mass is 452 g/mol. The fourth-order valence-corrected chi connectivity index (χ4v) is 4.47. The number of ether oxygens (including phenoxy) is 3. The third-order valence-electron chi connectivity index (χ3n) is 6.02. The fraction of sp³-hybridized carbons (Fsp3) is 0.111. The number of hydrogen-bond donors (Lipinski definition) is 1. The van der Waals surface area contributed by atoms with Gasteiger partial charge >= 0.3 is 5.63 Å². The van der Waals surface area contributed by atoms with E-state index >= 15 is 0 Å². The summed E-state index contributed by atoms with van der Waals surface area (Å²) in [6.45, 7) is 0. The molecule has 0 spiro atoms. The van der Waals surface area contributed by atoms with Crippen LogP contribution in [0.2, 0.25) is 0 Å². The van der Waals surface area contributed by atoms with Crippen LogP contribution in [0.3, 0.4) is 0 Å². The van der Waals surface area contributed by atoms with Crippen LogP contribution in [-0.2, 0) is 0 Å². The second-order valence-electron chi connectivity index (χ2n) is 7.71. The lowest BCUT2D eigenvalue weighted by Crippen LogP contribution is -2.07. The molecular weight excluding hydrogens is 432 g/mol. The van der Waals surface area contributed by atoms with E-state index in [0.717, 1.165) is 16.2 Å². The highest BCUT2D eigenvalue weighted by Crippen LogP contribution is 2.44. The van der Waals surface area contributed by atoms with E-state index in [9.17, 15) is 10.1 Å². The van der Waals surface area contributed by atoms with E-state index in [1.54, 1.807) is 24.3 Å². The van der Waals surface area contributed by atoms with Gasteiger partial charge in [0.1, 0.15) is 11.7 Å². The number of fused-ring (bicyclic) bond motifs is 5. The molecule has 5 aromatic rings. The van der Waals surface area contributed by atoms with Gasteiger partial charge in [-0.3, -0.25) is 0 Å². The molecule has 0 aliphatic carbocycles. The maximum atomic E-state index is 12.9. The predicted octanol–water partition coefficient (Wildman–Crippen LogP) is 5.25. The third-order valence-corrected chi connectivity index (χ3v) is 6.02. The largest absolute Gasteiger partial charge is 0.493 e.